The molecular formula is C15H17N5O. The van der Waals surface area contributed by atoms with E-state index in [4.69, 9.17) is 10.3 Å². The smallest absolute Gasteiger partial charge is 0.244 e. The first kappa shape index (κ1) is 13.6. The van der Waals surface area contributed by atoms with E-state index in [1.165, 1.54) is 0 Å². The van der Waals surface area contributed by atoms with Gasteiger partial charge in [0, 0.05) is 18.0 Å². The first-order valence-electron chi connectivity index (χ1n) is 6.99. The minimum absolute atomic E-state index is 0.239. The number of benzene rings is 1. The van der Waals surface area contributed by atoms with E-state index in [9.17, 15) is 0 Å². The highest BCUT2D eigenvalue weighted by atomic mass is 16.5. The topological polar surface area (TPSA) is 90.7 Å². The summed E-state index contributed by atoms with van der Waals surface area (Å²) in [6, 6.07) is 5.45. The van der Waals surface area contributed by atoms with E-state index in [1.54, 1.807) is 12.4 Å². The van der Waals surface area contributed by atoms with Crippen molar-refractivity contribution in [2.45, 2.75) is 26.3 Å². The van der Waals surface area contributed by atoms with Gasteiger partial charge in [0.15, 0.2) is 0 Å². The van der Waals surface area contributed by atoms with Crippen LogP contribution in [0.15, 0.2) is 35.1 Å². The minimum atomic E-state index is -0.239. The third kappa shape index (κ3) is 2.62. The van der Waals surface area contributed by atoms with Crippen LogP contribution in [0.5, 0.6) is 0 Å². The number of aromatic nitrogens is 4. The predicted molar refractivity (Wildman–Crippen MR) is 79.2 cm³/mol. The highest BCUT2D eigenvalue weighted by Crippen LogP contribution is 2.24. The number of rotatable bonds is 4. The van der Waals surface area contributed by atoms with Crippen LogP contribution in [0.3, 0.4) is 0 Å². The molecule has 2 aromatic heterocycles. The summed E-state index contributed by atoms with van der Waals surface area (Å²) in [5, 5.41) is 4.02. The summed E-state index contributed by atoms with van der Waals surface area (Å²) in [5.41, 5.74) is 8.59. The van der Waals surface area contributed by atoms with Crippen LogP contribution in [0.25, 0.3) is 22.4 Å². The third-order valence-electron chi connectivity index (χ3n) is 3.71. The Labute approximate surface area is 122 Å². The van der Waals surface area contributed by atoms with E-state index in [-0.39, 0.29) is 6.04 Å². The number of nitrogens with two attached hydrogens (primary N) is 1. The molecule has 6 heteroatoms. The van der Waals surface area contributed by atoms with Gasteiger partial charge < -0.3 is 10.3 Å². The second kappa shape index (κ2) is 5.57. The number of hydrogen-bond acceptors (Lipinski definition) is 6. The fourth-order valence-corrected chi connectivity index (χ4v) is 2.09. The molecule has 0 bridgehead atoms. The molecule has 0 aliphatic carbocycles. The lowest BCUT2D eigenvalue weighted by Gasteiger charge is -2.12. The van der Waals surface area contributed by atoms with Crippen LogP contribution in [0.4, 0.5) is 0 Å². The second-order valence-corrected chi connectivity index (χ2v) is 5.13. The van der Waals surface area contributed by atoms with Gasteiger partial charge in [-0.15, -0.1) is 0 Å². The quantitative estimate of drug-likeness (QED) is 0.791. The van der Waals surface area contributed by atoms with Crippen molar-refractivity contribution in [3.63, 3.8) is 0 Å². The number of nitrogens with zero attached hydrogens (tertiary/aromatic N) is 4. The van der Waals surface area contributed by atoms with E-state index < -0.39 is 0 Å². The van der Waals surface area contributed by atoms with Crippen LogP contribution in [-0.2, 0) is 0 Å². The van der Waals surface area contributed by atoms with Gasteiger partial charge in [0.05, 0.1) is 17.1 Å². The van der Waals surface area contributed by atoms with Crippen molar-refractivity contribution in [1.82, 2.24) is 20.1 Å². The molecule has 108 valence electrons. The molecule has 3 rings (SSSR count). The minimum Gasteiger partial charge on any atom is -0.337 e. The molecule has 0 spiro atoms. The molecule has 1 aromatic carbocycles. The number of hydrogen-bond donors (Lipinski definition) is 1. The molecule has 2 atom stereocenters. The monoisotopic (exact) mass is 283 g/mol. The molecule has 0 amide bonds. The van der Waals surface area contributed by atoms with Gasteiger partial charge in [0.2, 0.25) is 11.7 Å². The van der Waals surface area contributed by atoms with Gasteiger partial charge in [-0.05, 0) is 24.1 Å². The molecule has 1 unspecified atom stereocenters. The molecule has 0 radical (unpaired) electrons. The predicted octanol–water partition coefficient (Wildman–Crippen LogP) is 2.73. The summed E-state index contributed by atoms with van der Waals surface area (Å²) < 4.78 is 5.29. The summed E-state index contributed by atoms with van der Waals surface area (Å²) in [5.74, 6) is 1.29. The van der Waals surface area contributed by atoms with Crippen LogP contribution in [0.1, 0.15) is 32.2 Å². The average molecular weight is 283 g/mol. The standard InChI is InChI=1S/C15H17N5O/c1-3-9(2)13(16)15-19-14(20-21-15)10-4-5-11-12(8-10)18-7-6-17-11/h4-9,13H,3,16H2,1-2H3/t9?,13-/m0/s1. The molecular weight excluding hydrogens is 266 g/mol. The zero-order valence-corrected chi connectivity index (χ0v) is 12.0. The Bertz CT molecular complexity index is 754. The molecule has 3 aromatic rings. The Balaban J connectivity index is 1.94. The van der Waals surface area contributed by atoms with Crippen LogP contribution in [0.2, 0.25) is 0 Å². The maximum absolute atomic E-state index is 6.11. The Hall–Kier alpha value is -2.34. The van der Waals surface area contributed by atoms with Gasteiger partial charge in [-0.2, -0.15) is 4.98 Å². The Morgan fingerprint density at radius 3 is 2.71 bits per heavy atom. The Morgan fingerprint density at radius 2 is 1.95 bits per heavy atom. The highest BCUT2D eigenvalue weighted by Gasteiger charge is 2.20. The van der Waals surface area contributed by atoms with Gasteiger partial charge in [0.1, 0.15) is 0 Å². The first-order valence-corrected chi connectivity index (χ1v) is 6.99. The third-order valence-corrected chi connectivity index (χ3v) is 3.71. The second-order valence-electron chi connectivity index (χ2n) is 5.13. The average Bonchev–Trinajstić information content (AvgIpc) is 3.02. The van der Waals surface area contributed by atoms with E-state index >= 15 is 0 Å². The summed E-state index contributed by atoms with van der Waals surface area (Å²) >= 11 is 0. The van der Waals surface area contributed by atoms with Crippen LogP contribution < -0.4 is 5.73 Å². The maximum Gasteiger partial charge on any atom is 0.244 e. The highest BCUT2D eigenvalue weighted by molar-refractivity contribution is 5.79. The van der Waals surface area contributed by atoms with E-state index in [1.807, 2.05) is 18.2 Å². The SMILES string of the molecule is CCC(C)[C@H](N)c1nc(-c2ccc3nccnc3c2)no1. The van der Waals surface area contributed by atoms with Crippen molar-refractivity contribution in [2.75, 3.05) is 0 Å². The van der Waals surface area contributed by atoms with Crippen LogP contribution in [-0.4, -0.2) is 20.1 Å². The molecule has 2 heterocycles. The van der Waals surface area contributed by atoms with Crippen LogP contribution in [0, 0.1) is 5.92 Å². The Kier molecular flexibility index (Phi) is 3.62. The molecule has 0 fully saturated rings. The first-order chi connectivity index (χ1) is 10.2. The molecule has 0 aliphatic rings. The summed E-state index contributed by atoms with van der Waals surface area (Å²) in [4.78, 5) is 12.9. The largest absolute Gasteiger partial charge is 0.337 e. The summed E-state index contributed by atoms with van der Waals surface area (Å²) in [7, 11) is 0. The number of fused-ring (bicyclic) bond motifs is 1. The van der Waals surface area contributed by atoms with Gasteiger partial charge in [-0.1, -0.05) is 25.4 Å². The van der Waals surface area contributed by atoms with E-state index in [0.29, 0.717) is 17.6 Å². The fraction of sp³-hybridized carbons (Fsp3) is 0.333. The summed E-state index contributed by atoms with van der Waals surface area (Å²) in [6.45, 7) is 4.16. The zero-order valence-electron chi connectivity index (χ0n) is 12.0. The van der Waals surface area contributed by atoms with Crippen LogP contribution >= 0.6 is 0 Å². The van der Waals surface area contributed by atoms with Gasteiger partial charge in [-0.25, -0.2) is 0 Å². The maximum atomic E-state index is 6.11. The van der Waals surface area contributed by atoms with Crippen molar-refractivity contribution in [1.29, 1.82) is 0 Å². The lowest BCUT2D eigenvalue weighted by molar-refractivity contribution is 0.312. The molecule has 21 heavy (non-hydrogen) atoms. The lowest BCUT2D eigenvalue weighted by atomic mass is 10.0. The van der Waals surface area contributed by atoms with Crippen molar-refractivity contribution in [3.8, 4) is 11.4 Å². The summed E-state index contributed by atoms with van der Waals surface area (Å²) in [6.07, 6.45) is 4.29. The molecule has 6 nitrogen and oxygen atoms in total. The lowest BCUT2D eigenvalue weighted by Crippen LogP contribution is -2.18. The molecule has 2 N–H and O–H groups in total. The van der Waals surface area contributed by atoms with Crippen molar-refractivity contribution < 1.29 is 4.52 Å². The Morgan fingerprint density at radius 1 is 1.19 bits per heavy atom. The van der Waals surface area contributed by atoms with Gasteiger partial charge in [-0.3, -0.25) is 9.97 Å². The normalized spacial score (nSPS) is 14.2. The van der Waals surface area contributed by atoms with E-state index in [2.05, 4.69) is 34.0 Å². The fourth-order valence-electron chi connectivity index (χ4n) is 2.09. The van der Waals surface area contributed by atoms with Gasteiger partial charge >= 0.3 is 0 Å². The molecule has 0 aliphatic heterocycles. The van der Waals surface area contributed by atoms with Gasteiger partial charge in [0.25, 0.3) is 0 Å². The van der Waals surface area contributed by atoms with Crippen molar-refractivity contribution in [2.24, 2.45) is 11.7 Å². The van der Waals surface area contributed by atoms with E-state index in [0.717, 1.165) is 23.0 Å². The zero-order chi connectivity index (χ0) is 14.8. The van der Waals surface area contributed by atoms with Crippen molar-refractivity contribution in [3.05, 3.63) is 36.5 Å². The molecule has 0 saturated carbocycles. The molecule has 0 saturated heterocycles. The van der Waals surface area contributed by atoms with Crippen molar-refractivity contribution >= 4 is 11.0 Å².